The summed E-state index contributed by atoms with van der Waals surface area (Å²) in [5.74, 6) is 0. The summed E-state index contributed by atoms with van der Waals surface area (Å²) in [6.45, 7) is 3.27. The average Bonchev–Trinajstić information content (AvgIpc) is 2.07. The Morgan fingerprint density at radius 1 is 1.54 bits per heavy atom. The van der Waals surface area contributed by atoms with Gasteiger partial charge >= 0.3 is 0 Å². The van der Waals surface area contributed by atoms with Gasteiger partial charge in [0, 0.05) is 6.07 Å². The third-order valence-corrected chi connectivity index (χ3v) is 2.42. The molecule has 0 spiro atoms. The molecule has 0 unspecified atom stereocenters. The van der Waals surface area contributed by atoms with Crippen LogP contribution < -0.4 is 5.73 Å². The van der Waals surface area contributed by atoms with E-state index in [1.54, 1.807) is 13.8 Å². The number of halogens is 1. The molecule has 1 aromatic rings. The summed E-state index contributed by atoms with van der Waals surface area (Å²) in [4.78, 5) is 10.1. The Hall–Kier alpha value is -1.29. The summed E-state index contributed by atoms with van der Waals surface area (Å²) in [5.41, 5.74) is 6.92. The molecule has 0 aliphatic rings. The molecule has 1 aromatic carbocycles. The number of hydrogen-bond donors (Lipinski definition) is 1. The molecule has 0 radical (unpaired) electrons. The molecule has 0 atom stereocenters. The van der Waals surface area contributed by atoms with Gasteiger partial charge in [0.2, 0.25) is 0 Å². The Morgan fingerprint density at radius 2 is 2.08 bits per heavy atom. The number of benzene rings is 1. The molecular formula is C8H9ClN2O2. The SMILES string of the molecule is Cc1cc([N+](=O)[O-])c(C)c(N)c1Cl. The minimum Gasteiger partial charge on any atom is -0.397 e. The number of nitro groups is 1. The first-order chi connectivity index (χ1) is 5.95. The summed E-state index contributed by atoms with van der Waals surface area (Å²) >= 11 is 5.81. The Kier molecular flexibility index (Phi) is 2.43. The van der Waals surface area contributed by atoms with E-state index in [1.165, 1.54) is 6.07 Å². The minimum atomic E-state index is -0.463. The standard InChI is InChI=1S/C8H9ClN2O2/c1-4-3-6(11(12)13)5(2)8(10)7(4)9/h3H,10H2,1-2H3. The predicted octanol–water partition coefficient (Wildman–Crippen LogP) is 2.45. The van der Waals surface area contributed by atoms with Crippen molar-refractivity contribution in [1.29, 1.82) is 0 Å². The van der Waals surface area contributed by atoms with Crippen LogP contribution in [-0.4, -0.2) is 4.92 Å². The molecule has 0 aliphatic carbocycles. The van der Waals surface area contributed by atoms with Crippen molar-refractivity contribution < 1.29 is 4.92 Å². The zero-order valence-electron chi connectivity index (χ0n) is 7.30. The number of aryl methyl sites for hydroxylation is 1. The zero-order chi connectivity index (χ0) is 10.2. The number of nitrogen functional groups attached to an aromatic ring is 1. The van der Waals surface area contributed by atoms with E-state index in [1.807, 2.05) is 0 Å². The van der Waals surface area contributed by atoms with Gasteiger partial charge in [-0.3, -0.25) is 10.1 Å². The van der Waals surface area contributed by atoms with Crippen molar-refractivity contribution in [2.75, 3.05) is 5.73 Å². The van der Waals surface area contributed by atoms with E-state index >= 15 is 0 Å². The first kappa shape index (κ1) is 9.80. The monoisotopic (exact) mass is 200 g/mol. The van der Waals surface area contributed by atoms with Crippen molar-refractivity contribution in [3.63, 3.8) is 0 Å². The second-order valence-corrected chi connectivity index (χ2v) is 3.20. The van der Waals surface area contributed by atoms with Gasteiger partial charge < -0.3 is 5.73 Å². The molecule has 0 amide bonds. The Labute approximate surface area is 80.5 Å². The molecule has 0 heterocycles. The van der Waals surface area contributed by atoms with Crippen molar-refractivity contribution in [1.82, 2.24) is 0 Å². The van der Waals surface area contributed by atoms with Crippen LogP contribution in [0.3, 0.4) is 0 Å². The summed E-state index contributed by atoms with van der Waals surface area (Å²) in [7, 11) is 0. The van der Waals surface area contributed by atoms with Gasteiger partial charge in [-0.1, -0.05) is 11.6 Å². The maximum Gasteiger partial charge on any atom is 0.274 e. The van der Waals surface area contributed by atoms with Crippen molar-refractivity contribution >= 4 is 23.0 Å². The first-order valence-electron chi connectivity index (χ1n) is 3.64. The van der Waals surface area contributed by atoms with Gasteiger partial charge in [-0.2, -0.15) is 0 Å². The summed E-state index contributed by atoms with van der Waals surface area (Å²) < 4.78 is 0. The molecule has 13 heavy (non-hydrogen) atoms. The van der Waals surface area contributed by atoms with Gasteiger partial charge in [0.1, 0.15) is 0 Å². The lowest BCUT2D eigenvalue weighted by Crippen LogP contribution is -1.99. The molecule has 70 valence electrons. The van der Waals surface area contributed by atoms with E-state index in [0.29, 0.717) is 16.1 Å². The van der Waals surface area contributed by atoms with Crippen LogP contribution in [0.5, 0.6) is 0 Å². The van der Waals surface area contributed by atoms with Gasteiger partial charge in [0.15, 0.2) is 0 Å². The summed E-state index contributed by atoms with van der Waals surface area (Å²) in [6, 6.07) is 1.42. The maximum absolute atomic E-state index is 10.5. The van der Waals surface area contributed by atoms with Crippen LogP contribution in [0.1, 0.15) is 11.1 Å². The molecule has 0 aromatic heterocycles. The lowest BCUT2D eigenvalue weighted by atomic mass is 10.1. The number of anilines is 1. The van der Waals surface area contributed by atoms with Gasteiger partial charge in [0.25, 0.3) is 5.69 Å². The fraction of sp³-hybridized carbons (Fsp3) is 0.250. The lowest BCUT2D eigenvalue weighted by molar-refractivity contribution is -0.385. The van der Waals surface area contributed by atoms with Crippen LogP contribution in [0.2, 0.25) is 5.02 Å². The van der Waals surface area contributed by atoms with Crippen LogP contribution in [0.15, 0.2) is 6.07 Å². The van der Waals surface area contributed by atoms with E-state index in [9.17, 15) is 10.1 Å². The van der Waals surface area contributed by atoms with Crippen molar-refractivity contribution in [2.24, 2.45) is 0 Å². The quantitative estimate of drug-likeness (QED) is 0.430. The lowest BCUT2D eigenvalue weighted by Gasteiger charge is -2.06. The highest BCUT2D eigenvalue weighted by Gasteiger charge is 2.16. The van der Waals surface area contributed by atoms with Crippen molar-refractivity contribution in [3.8, 4) is 0 Å². The second kappa shape index (κ2) is 3.22. The fourth-order valence-electron chi connectivity index (χ4n) is 1.08. The molecule has 0 fully saturated rings. The van der Waals surface area contributed by atoms with Gasteiger partial charge in [-0.15, -0.1) is 0 Å². The van der Waals surface area contributed by atoms with E-state index in [0.717, 1.165) is 0 Å². The van der Waals surface area contributed by atoms with E-state index in [4.69, 9.17) is 17.3 Å². The second-order valence-electron chi connectivity index (χ2n) is 2.82. The predicted molar refractivity (Wildman–Crippen MR) is 52.0 cm³/mol. The van der Waals surface area contributed by atoms with Crippen molar-refractivity contribution in [3.05, 3.63) is 32.3 Å². The Morgan fingerprint density at radius 3 is 2.54 bits per heavy atom. The van der Waals surface area contributed by atoms with Gasteiger partial charge in [-0.25, -0.2) is 0 Å². The van der Waals surface area contributed by atoms with E-state index in [-0.39, 0.29) is 11.4 Å². The van der Waals surface area contributed by atoms with E-state index in [2.05, 4.69) is 0 Å². The van der Waals surface area contributed by atoms with E-state index < -0.39 is 4.92 Å². The Balaban J connectivity index is 3.50. The smallest absolute Gasteiger partial charge is 0.274 e. The molecular weight excluding hydrogens is 192 g/mol. The van der Waals surface area contributed by atoms with Crippen LogP contribution in [0, 0.1) is 24.0 Å². The molecule has 0 aliphatic heterocycles. The number of nitro benzene ring substituents is 1. The zero-order valence-corrected chi connectivity index (χ0v) is 8.05. The number of hydrogen-bond acceptors (Lipinski definition) is 3. The highest BCUT2D eigenvalue weighted by atomic mass is 35.5. The highest BCUT2D eigenvalue weighted by molar-refractivity contribution is 6.34. The summed E-state index contributed by atoms with van der Waals surface area (Å²) in [5, 5.41) is 10.9. The number of rotatable bonds is 1. The van der Waals surface area contributed by atoms with Crippen LogP contribution in [0.25, 0.3) is 0 Å². The third kappa shape index (κ3) is 1.58. The van der Waals surface area contributed by atoms with Crippen LogP contribution in [0.4, 0.5) is 11.4 Å². The number of nitrogens with two attached hydrogens (primary N) is 1. The third-order valence-electron chi connectivity index (χ3n) is 1.92. The largest absolute Gasteiger partial charge is 0.397 e. The molecule has 1 rings (SSSR count). The average molecular weight is 201 g/mol. The fourth-order valence-corrected chi connectivity index (χ4v) is 1.28. The molecule has 0 bridgehead atoms. The van der Waals surface area contributed by atoms with Gasteiger partial charge in [-0.05, 0) is 19.4 Å². The summed E-state index contributed by atoms with van der Waals surface area (Å²) in [6.07, 6.45) is 0. The Bertz CT molecular complexity index is 377. The van der Waals surface area contributed by atoms with Gasteiger partial charge in [0.05, 0.1) is 21.2 Å². The molecule has 5 heteroatoms. The minimum absolute atomic E-state index is 0.0133. The van der Waals surface area contributed by atoms with Crippen LogP contribution in [-0.2, 0) is 0 Å². The molecule has 2 N–H and O–H groups in total. The maximum atomic E-state index is 10.5. The molecule has 0 saturated carbocycles. The normalized spacial score (nSPS) is 10.1. The number of nitrogens with zero attached hydrogens (tertiary/aromatic N) is 1. The first-order valence-corrected chi connectivity index (χ1v) is 4.02. The van der Waals surface area contributed by atoms with Crippen LogP contribution >= 0.6 is 11.6 Å². The molecule has 0 saturated heterocycles. The molecule has 4 nitrogen and oxygen atoms in total. The highest BCUT2D eigenvalue weighted by Crippen LogP contribution is 2.32. The topological polar surface area (TPSA) is 69.2 Å². The van der Waals surface area contributed by atoms with Crippen molar-refractivity contribution in [2.45, 2.75) is 13.8 Å².